The SMILES string of the molecule is COCc1cccc(NC(=O)COc2ccc3ccccc3c2Br)c1. The molecule has 0 aliphatic carbocycles. The number of carbonyl (C=O) groups excluding carboxylic acids is 1. The third-order valence-corrected chi connectivity index (χ3v) is 4.53. The molecule has 0 heterocycles. The fourth-order valence-electron chi connectivity index (χ4n) is 2.57. The van der Waals surface area contributed by atoms with Gasteiger partial charge in [-0.2, -0.15) is 0 Å². The van der Waals surface area contributed by atoms with Crippen LogP contribution in [0.4, 0.5) is 5.69 Å². The molecule has 3 aromatic carbocycles. The highest BCUT2D eigenvalue weighted by Crippen LogP contribution is 2.33. The van der Waals surface area contributed by atoms with E-state index in [1.165, 1.54) is 0 Å². The Bertz CT molecular complexity index is 895. The van der Waals surface area contributed by atoms with Crippen LogP contribution in [-0.2, 0) is 16.1 Å². The van der Waals surface area contributed by atoms with Gasteiger partial charge >= 0.3 is 0 Å². The normalized spacial score (nSPS) is 10.6. The van der Waals surface area contributed by atoms with Gasteiger partial charge in [-0.3, -0.25) is 4.79 Å². The zero-order valence-electron chi connectivity index (χ0n) is 13.8. The van der Waals surface area contributed by atoms with Crippen molar-refractivity contribution in [2.75, 3.05) is 19.0 Å². The van der Waals surface area contributed by atoms with Crippen LogP contribution in [-0.4, -0.2) is 19.6 Å². The standard InChI is InChI=1S/C20H18BrNO3/c1-24-12-14-5-4-7-16(11-14)22-19(23)13-25-18-10-9-15-6-2-3-8-17(15)20(18)21/h2-11H,12-13H2,1H3,(H,22,23). The molecule has 0 aliphatic rings. The van der Waals surface area contributed by atoms with Crippen molar-refractivity contribution in [3.63, 3.8) is 0 Å². The molecule has 3 aromatic rings. The summed E-state index contributed by atoms with van der Waals surface area (Å²) >= 11 is 3.55. The average Bonchev–Trinajstić information content (AvgIpc) is 2.62. The third-order valence-electron chi connectivity index (χ3n) is 3.71. The molecule has 128 valence electrons. The third kappa shape index (κ3) is 4.38. The number of fused-ring (bicyclic) bond motifs is 1. The summed E-state index contributed by atoms with van der Waals surface area (Å²) in [5.74, 6) is 0.427. The maximum atomic E-state index is 12.1. The minimum atomic E-state index is -0.213. The second kappa shape index (κ2) is 8.14. The van der Waals surface area contributed by atoms with Gasteiger partial charge in [0.1, 0.15) is 5.75 Å². The number of methoxy groups -OCH3 is 1. The second-order valence-corrected chi connectivity index (χ2v) is 6.36. The van der Waals surface area contributed by atoms with Crippen LogP contribution < -0.4 is 10.1 Å². The average molecular weight is 400 g/mol. The number of carbonyl (C=O) groups is 1. The molecule has 0 saturated heterocycles. The summed E-state index contributed by atoms with van der Waals surface area (Å²) < 4.78 is 11.6. The highest BCUT2D eigenvalue weighted by atomic mass is 79.9. The molecule has 0 radical (unpaired) electrons. The van der Waals surface area contributed by atoms with Crippen molar-refractivity contribution in [3.8, 4) is 5.75 Å². The van der Waals surface area contributed by atoms with Crippen LogP contribution in [0.25, 0.3) is 10.8 Å². The lowest BCUT2D eigenvalue weighted by atomic mass is 10.1. The van der Waals surface area contributed by atoms with Crippen molar-refractivity contribution >= 4 is 38.3 Å². The molecule has 0 saturated carbocycles. The van der Waals surface area contributed by atoms with E-state index in [9.17, 15) is 4.79 Å². The first-order valence-electron chi connectivity index (χ1n) is 7.85. The minimum absolute atomic E-state index is 0.0640. The molecular weight excluding hydrogens is 382 g/mol. The van der Waals surface area contributed by atoms with Crippen molar-refractivity contribution in [1.29, 1.82) is 0 Å². The topological polar surface area (TPSA) is 47.6 Å². The van der Waals surface area contributed by atoms with Gasteiger partial charge in [0.2, 0.25) is 0 Å². The number of amides is 1. The van der Waals surface area contributed by atoms with E-state index >= 15 is 0 Å². The van der Waals surface area contributed by atoms with Gasteiger partial charge in [0.05, 0.1) is 11.1 Å². The van der Waals surface area contributed by atoms with E-state index in [1.54, 1.807) is 7.11 Å². The summed E-state index contributed by atoms with van der Waals surface area (Å²) in [7, 11) is 1.64. The molecule has 3 rings (SSSR count). The zero-order valence-corrected chi connectivity index (χ0v) is 15.4. The first kappa shape index (κ1) is 17.5. The Balaban J connectivity index is 1.64. The Labute approximate surface area is 154 Å². The lowest BCUT2D eigenvalue weighted by Crippen LogP contribution is -2.20. The van der Waals surface area contributed by atoms with Gasteiger partial charge in [0, 0.05) is 12.8 Å². The fourth-order valence-corrected chi connectivity index (χ4v) is 3.18. The lowest BCUT2D eigenvalue weighted by Gasteiger charge is -2.11. The van der Waals surface area contributed by atoms with E-state index in [2.05, 4.69) is 21.2 Å². The van der Waals surface area contributed by atoms with Crippen LogP contribution in [0.15, 0.2) is 65.1 Å². The molecule has 0 atom stereocenters. The first-order valence-corrected chi connectivity index (χ1v) is 8.64. The van der Waals surface area contributed by atoms with Gasteiger partial charge in [0.15, 0.2) is 6.61 Å². The number of hydrogen-bond donors (Lipinski definition) is 1. The van der Waals surface area contributed by atoms with E-state index in [-0.39, 0.29) is 12.5 Å². The predicted molar refractivity (Wildman–Crippen MR) is 103 cm³/mol. The quantitative estimate of drug-likeness (QED) is 0.649. The van der Waals surface area contributed by atoms with Gasteiger partial charge in [0.25, 0.3) is 5.91 Å². The molecule has 25 heavy (non-hydrogen) atoms. The summed E-state index contributed by atoms with van der Waals surface area (Å²) in [5, 5.41) is 4.99. The number of hydrogen-bond acceptors (Lipinski definition) is 3. The maximum Gasteiger partial charge on any atom is 0.262 e. The van der Waals surface area contributed by atoms with Crippen LogP contribution in [0.5, 0.6) is 5.75 Å². The Hall–Kier alpha value is -2.37. The Morgan fingerprint density at radius 2 is 1.92 bits per heavy atom. The van der Waals surface area contributed by atoms with Gasteiger partial charge in [-0.1, -0.05) is 42.5 Å². The van der Waals surface area contributed by atoms with Crippen LogP contribution in [0.2, 0.25) is 0 Å². The number of nitrogens with one attached hydrogen (secondary N) is 1. The number of ether oxygens (including phenoxy) is 2. The van der Waals surface area contributed by atoms with Crippen LogP contribution in [0, 0.1) is 0 Å². The zero-order chi connectivity index (χ0) is 17.6. The first-order chi connectivity index (χ1) is 12.2. The Kier molecular flexibility index (Phi) is 5.68. The second-order valence-electron chi connectivity index (χ2n) is 5.57. The minimum Gasteiger partial charge on any atom is -0.483 e. The monoisotopic (exact) mass is 399 g/mol. The smallest absolute Gasteiger partial charge is 0.262 e. The summed E-state index contributed by atoms with van der Waals surface area (Å²) in [6.45, 7) is 0.440. The molecule has 0 fully saturated rings. The van der Waals surface area contributed by atoms with Crippen LogP contribution in [0.1, 0.15) is 5.56 Å². The number of rotatable bonds is 6. The summed E-state index contributed by atoms with van der Waals surface area (Å²) in [5.41, 5.74) is 1.72. The Morgan fingerprint density at radius 3 is 2.76 bits per heavy atom. The molecule has 0 spiro atoms. The molecule has 5 heteroatoms. The van der Waals surface area contributed by atoms with Gasteiger partial charge < -0.3 is 14.8 Å². The van der Waals surface area contributed by atoms with E-state index in [0.29, 0.717) is 12.4 Å². The van der Waals surface area contributed by atoms with E-state index in [0.717, 1.165) is 26.5 Å². The van der Waals surface area contributed by atoms with Gasteiger partial charge in [-0.15, -0.1) is 0 Å². The highest BCUT2D eigenvalue weighted by molar-refractivity contribution is 9.10. The Morgan fingerprint density at radius 1 is 1.08 bits per heavy atom. The number of halogens is 1. The molecule has 4 nitrogen and oxygen atoms in total. The summed E-state index contributed by atoms with van der Waals surface area (Å²) in [6, 6.07) is 19.4. The van der Waals surface area contributed by atoms with Crippen LogP contribution >= 0.6 is 15.9 Å². The summed E-state index contributed by atoms with van der Waals surface area (Å²) in [4.78, 5) is 12.1. The fraction of sp³-hybridized carbons (Fsp3) is 0.150. The van der Waals surface area contributed by atoms with E-state index in [1.807, 2.05) is 60.7 Å². The predicted octanol–water partition coefficient (Wildman–Crippen LogP) is 4.77. The molecule has 0 unspecified atom stereocenters. The molecule has 0 bridgehead atoms. The van der Waals surface area contributed by atoms with Crippen molar-refractivity contribution in [2.24, 2.45) is 0 Å². The molecular formula is C20H18BrNO3. The number of anilines is 1. The van der Waals surface area contributed by atoms with Crippen molar-refractivity contribution < 1.29 is 14.3 Å². The highest BCUT2D eigenvalue weighted by Gasteiger charge is 2.09. The molecule has 1 N–H and O–H groups in total. The van der Waals surface area contributed by atoms with Gasteiger partial charge in [-0.25, -0.2) is 0 Å². The van der Waals surface area contributed by atoms with Crippen LogP contribution in [0.3, 0.4) is 0 Å². The lowest BCUT2D eigenvalue weighted by molar-refractivity contribution is -0.118. The number of benzene rings is 3. The molecule has 0 aromatic heterocycles. The molecule has 0 aliphatic heterocycles. The van der Waals surface area contributed by atoms with Crippen molar-refractivity contribution in [1.82, 2.24) is 0 Å². The maximum absolute atomic E-state index is 12.1. The molecule has 1 amide bonds. The largest absolute Gasteiger partial charge is 0.483 e. The van der Waals surface area contributed by atoms with Gasteiger partial charge in [-0.05, 0) is 50.5 Å². The van der Waals surface area contributed by atoms with Crippen molar-refractivity contribution in [2.45, 2.75) is 6.61 Å². The van der Waals surface area contributed by atoms with E-state index < -0.39 is 0 Å². The van der Waals surface area contributed by atoms with E-state index in [4.69, 9.17) is 9.47 Å². The van der Waals surface area contributed by atoms with Crippen molar-refractivity contribution in [3.05, 3.63) is 70.7 Å². The summed E-state index contributed by atoms with van der Waals surface area (Å²) in [6.07, 6.45) is 0.